The van der Waals surface area contributed by atoms with Gasteiger partial charge in [-0.1, -0.05) is 13.0 Å². The van der Waals surface area contributed by atoms with Crippen LogP contribution in [0.2, 0.25) is 0 Å². The van der Waals surface area contributed by atoms with Gasteiger partial charge in [0.25, 0.3) is 0 Å². The van der Waals surface area contributed by atoms with Crippen molar-refractivity contribution >= 4 is 0 Å². The third kappa shape index (κ3) is 4.22. The molecule has 0 saturated carbocycles. The molecule has 140 valence electrons. The first-order chi connectivity index (χ1) is 12.6. The van der Waals surface area contributed by atoms with E-state index in [-0.39, 0.29) is 11.9 Å². The van der Waals surface area contributed by atoms with Crippen molar-refractivity contribution in [3.05, 3.63) is 47.5 Å². The first-order valence-corrected chi connectivity index (χ1v) is 9.13. The van der Waals surface area contributed by atoms with E-state index in [1.807, 2.05) is 37.3 Å². The molecular formula is C21H27NO4. The highest BCUT2D eigenvalue weighted by Crippen LogP contribution is 2.31. The van der Waals surface area contributed by atoms with Crippen LogP contribution in [-0.4, -0.2) is 36.4 Å². The Kier molecular flexibility index (Phi) is 5.89. The summed E-state index contributed by atoms with van der Waals surface area (Å²) in [6.45, 7) is 6.97. The standard InChI is InChI=1S/C21H27NO4/c1-4-17-14-22(12-15-6-8-19(23)21(10-15)25-5-2)13-16-11-18(24-3)7-9-20(16)26-17/h6-11,17,23H,4-5,12-14H2,1-3H3/t17-/m1/s1. The maximum atomic E-state index is 9.91. The number of phenolic OH excluding ortho intramolecular Hbond substituents is 1. The second-order valence-corrected chi connectivity index (χ2v) is 6.53. The van der Waals surface area contributed by atoms with Crippen LogP contribution in [0.4, 0.5) is 0 Å². The van der Waals surface area contributed by atoms with Gasteiger partial charge in [-0.25, -0.2) is 0 Å². The highest BCUT2D eigenvalue weighted by atomic mass is 16.5. The molecule has 0 spiro atoms. The van der Waals surface area contributed by atoms with Crippen LogP contribution in [-0.2, 0) is 13.1 Å². The Morgan fingerprint density at radius 1 is 1.19 bits per heavy atom. The quantitative estimate of drug-likeness (QED) is 0.848. The van der Waals surface area contributed by atoms with Gasteiger partial charge in [0, 0.05) is 25.2 Å². The van der Waals surface area contributed by atoms with Gasteiger partial charge in [0.15, 0.2) is 11.5 Å². The Labute approximate surface area is 155 Å². The first-order valence-electron chi connectivity index (χ1n) is 9.13. The van der Waals surface area contributed by atoms with Crippen molar-refractivity contribution in [2.24, 2.45) is 0 Å². The number of fused-ring (bicyclic) bond motifs is 1. The first kappa shape index (κ1) is 18.4. The molecule has 0 unspecified atom stereocenters. The molecule has 0 bridgehead atoms. The lowest BCUT2D eigenvalue weighted by Crippen LogP contribution is -2.32. The normalized spacial score (nSPS) is 17.1. The van der Waals surface area contributed by atoms with Gasteiger partial charge in [0.1, 0.15) is 17.6 Å². The maximum absolute atomic E-state index is 9.91. The molecule has 5 nitrogen and oxygen atoms in total. The lowest BCUT2D eigenvalue weighted by atomic mass is 10.1. The average molecular weight is 357 g/mol. The van der Waals surface area contributed by atoms with Gasteiger partial charge in [-0.15, -0.1) is 0 Å². The van der Waals surface area contributed by atoms with Gasteiger partial charge in [0.05, 0.1) is 13.7 Å². The van der Waals surface area contributed by atoms with Crippen LogP contribution in [0.3, 0.4) is 0 Å². The number of benzene rings is 2. The van der Waals surface area contributed by atoms with Crippen LogP contribution in [0, 0.1) is 0 Å². The van der Waals surface area contributed by atoms with Crippen molar-refractivity contribution in [3.63, 3.8) is 0 Å². The second-order valence-electron chi connectivity index (χ2n) is 6.53. The van der Waals surface area contributed by atoms with Crippen LogP contribution in [0.15, 0.2) is 36.4 Å². The minimum atomic E-state index is 0.146. The molecule has 1 atom stereocenters. The fraction of sp³-hybridized carbons (Fsp3) is 0.429. The molecule has 0 aromatic heterocycles. The summed E-state index contributed by atoms with van der Waals surface area (Å²) in [5.41, 5.74) is 2.23. The third-order valence-electron chi connectivity index (χ3n) is 4.60. The van der Waals surface area contributed by atoms with Crippen LogP contribution in [0.1, 0.15) is 31.4 Å². The summed E-state index contributed by atoms with van der Waals surface area (Å²) < 4.78 is 17.1. The van der Waals surface area contributed by atoms with Crippen LogP contribution in [0.25, 0.3) is 0 Å². The molecule has 3 rings (SSSR count). The fourth-order valence-electron chi connectivity index (χ4n) is 3.25. The summed E-state index contributed by atoms with van der Waals surface area (Å²) in [5.74, 6) is 2.48. The Bertz CT molecular complexity index is 747. The molecule has 2 aromatic rings. The zero-order valence-corrected chi connectivity index (χ0v) is 15.7. The van der Waals surface area contributed by atoms with Crippen molar-refractivity contribution < 1.29 is 19.3 Å². The summed E-state index contributed by atoms with van der Waals surface area (Å²) in [4.78, 5) is 2.36. The van der Waals surface area contributed by atoms with Crippen molar-refractivity contribution in [2.75, 3.05) is 20.3 Å². The van der Waals surface area contributed by atoms with E-state index in [0.717, 1.165) is 48.7 Å². The number of hydrogen-bond donors (Lipinski definition) is 1. The highest BCUT2D eigenvalue weighted by molar-refractivity contribution is 5.43. The van der Waals surface area contributed by atoms with Gasteiger partial charge in [-0.05, 0) is 49.2 Å². The van der Waals surface area contributed by atoms with E-state index in [4.69, 9.17) is 14.2 Å². The highest BCUT2D eigenvalue weighted by Gasteiger charge is 2.22. The maximum Gasteiger partial charge on any atom is 0.161 e. The number of nitrogens with zero attached hydrogens (tertiary/aromatic N) is 1. The molecule has 0 radical (unpaired) electrons. The Balaban J connectivity index is 1.83. The van der Waals surface area contributed by atoms with Gasteiger partial charge in [0.2, 0.25) is 0 Å². The van der Waals surface area contributed by atoms with Crippen LogP contribution in [0.5, 0.6) is 23.0 Å². The Morgan fingerprint density at radius 2 is 2.04 bits per heavy atom. The SMILES string of the molecule is CCOc1cc(CN2Cc3cc(OC)ccc3O[C@H](CC)C2)ccc1O. The predicted octanol–water partition coefficient (Wildman–Crippen LogP) is 3.97. The zero-order chi connectivity index (χ0) is 18.5. The largest absolute Gasteiger partial charge is 0.504 e. The molecule has 1 aliphatic rings. The summed E-state index contributed by atoms with van der Waals surface area (Å²) in [6, 6.07) is 11.5. The molecule has 0 saturated heterocycles. The zero-order valence-electron chi connectivity index (χ0n) is 15.7. The van der Waals surface area contributed by atoms with Crippen LogP contribution < -0.4 is 14.2 Å². The molecule has 0 fully saturated rings. The van der Waals surface area contributed by atoms with Crippen molar-refractivity contribution in [1.82, 2.24) is 4.90 Å². The molecular weight excluding hydrogens is 330 g/mol. The molecule has 1 aliphatic heterocycles. The van der Waals surface area contributed by atoms with E-state index in [1.54, 1.807) is 13.2 Å². The van der Waals surface area contributed by atoms with E-state index < -0.39 is 0 Å². The summed E-state index contributed by atoms with van der Waals surface area (Å²) in [6.07, 6.45) is 1.09. The van der Waals surface area contributed by atoms with Crippen molar-refractivity contribution in [1.29, 1.82) is 0 Å². The fourth-order valence-corrected chi connectivity index (χ4v) is 3.25. The monoisotopic (exact) mass is 357 g/mol. The Morgan fingerprint density at radius 3 is 2.77 bits per heavy atom. The molecule has 2 aromatic carbocycles. The molecule has 1 N–H and O–H groups in total. The van der Waals surface area contributed by atoms with Gasteiger partial charge in [-0.3, -0.25) is 4.90 Å². The van der Waals surface area contributed by atoms with Gasteiger partial charge >= 0.3 is 0 Å². The summed E-state index contributed by atoms with van der Waals surface area (Å²) in [5, 5.41) is 9.91. The number of ether oxygens (including phenoxy) is 3. The minimum absolute atomic E-state index is 0.146. The molecule has 0 amide bonds. The average Bonchev–Trinajstić information content (AvgIpc) is 2.82. The number of phenols is 1. The Hall–Kier alpha value is -2.40. The number of aromatic hydroxyl groups is 1. The van der Waals surface area contributed by atoms with E-state index in [1.165, 1.54) is 0 Å². The number of methoxy groups -OCH3 is 1. The predicted molar refractivity (Wildman–Crippen MR) is 101 cm³/mol. The second kappa shape index (κ2) is 8.32. The van der Waals surface area contributed by atoms with Gasteiger partial charge < -0.3 is 19.3 Å². The topological polar surface area (TPSA) is 51.2 Å². The smallest absolute Gasteiger partial charge is 0.161 e. The van der Waals surface area contributed by atoms with Crippen LogP contribution >= 0.6 is 0 Å². The molecule has 5 heteroatoms. The van der Waals surface area contributed by atoms with E-state index in [9.17, 15) is 5.11 Å². The molecule has 0 aliphatic carbocycles. The minimum Gasteiger partial charge on any atom is -0.504 e. The van der Waals surface area contributed by atoms with Crippen molar-refractivity contribution in [3.8, 4) is 23.0 Å². The van der Waals surface area contributed by atoms with E-state index in [0.29, 0.717) is 12.4 Å². The third-order valence-corrected chi connectivity index (χ3v) is 4.60. The molecule has 26 heavy (non-hydrogen) atoms. The van der Waals surface area contributed by atoms with E-state index in [2.05, 4.69) is 11.8 Å². The lowest BCUT2D eigenvalue weighted by molar-refractivity contribution is 0.139. The summed E-state index contributed by atoms with van der Waals surface area (Å²) in [7, 11) is 1.68. The number of rotatable bonds is 6. The molecule has 1 heterocycles. The van der Waals surface area contributed by atoms with Gasteiger partial charge in [-0.2, -0.15) is 0 Å². The van der Waals surface area contributed by atoms with Crippen molar-refractivity contribution in [2.45, 2.75) is 39.5 Å². The summed E-state index contributed by atoms with van der Waals surface area (Å²) >= 11 is 0. The lowest BCUT2D eigenvalue weighted by Gasteiger charge is -2.23. The number of hydrogen-bond acceptors (Lipinski definition) is 5. The van der Waals surface area contributed by atoms with E-state index >= 15 is 0 Å².